The third kappa shape index (κ3) is 1.93. The topological polar surface area (TPSA) is 75.7 Å². The van der Waals surface area contributed by atoms with Crippen LogP contribution in [-0.2, 0) is 0 Å². The highest BCUT2D eigenvalue weighted by molar-refractivity contribution is 5.87. The van der Waals surface area contributed by atoms with Gasteiger partial charge in [-0.3, -0.25) is 0 Å². The molecule has 0 N–H and O–H groups in total. The highest BCUT2D eigenvalue weighted by Gasteiger charge is 2.05. The lowest BCUT2D eigenvalue weighted by molar-refractivity contribution is -0.576. The lowest BCUT2D eigenvalue weighted by Gasteiger charge is -2.02. The van der Waals surface area contributed by atoms with Gasteiger partial charge in [-0.2, -0.15) is 4.73 Å². The van der Waals surface area contributed by atoms with Crippen LogP contribution in [0.5, 0.6) is 0 Å². The lowest BCUT2D eigenvalue weighted by Crippen LogP contribution is -2.25. The number of fused-ring (bicyclic) bond motifs is 1. The quantitative estimate of drug-likeness (QED) is 0.240. The molecule has 2 rings (SSSR count). The minimum Gasteiger partial charge on any atom is -0.618 e. The third-order valence-corrected chi connectivity index (χ3v) is 1.94. The minimum absolute atomic E-state index is 0. The van der Waals surface area contributed by atoms with Crippen LogP contribution in [0.3, 0.4) is 0 Å². The van der Waals surface area contributed by atoms with E-state index in [1.54, 1.807) is 24.3 Å². The van der Waals surface area contributed by atoms with Gasteiger partial charge in [-0.25, -0.2) is 0 Å². The first-order valence-electron chi connectivity index (χ1n) is 3.99. The summed E-state index contributed by atoms with van der Waals surface area (Å²) in [6.45, 7) is 0. The Labute approximate surface area is 91.6 Å². The normalized spacial score (nSPS) is 9.07. The van der Waals surface area contributed by atoms with Crippen LogP contribution in [0.25, 0.3) is 21.3 Å². The largest absolute Gasteiger partial charge is 0.618 e. The van der Waals surface area contributed by atoms with E-state index < -0.39 is 0 Å². The Morgan fingerprint density at radius 1 is 1.27 bits per heavy atom. The van der Waals surface area contributed by atoms with E-state index in [2.05, 4.69) is 10.0 Å². The van der Waals surface area contributed by atoms with Crippen LogP contribution < -0.4 is 4.73 Å². The van der Waals surface area contributed by atoms with Gasteiger partial charge in [0.15, 0.2) is 6.20 Å². The molecule has 76 valence electrons. The molecule has 1 aromatic heterocycles. The van der Waals surface area contributed by atoms with Crippen LogP contribution >= 0.6 is 12.4 Å². The molecule has 5 nitrogen and oxygen atoms in total. The molecule has 0 unspecified atom stereocenters. The number of hydrogen-bond donors (Lipinski definition) is 0. The summed E-state index contributed by atoms with van der Waals surface area (Å²) in [5.74, 6) is 0. The molecule has 0 aliphatic heterocycles. The first kappa shape index (κ1) is 11.1. The molecular weight excluding hydrogens is 216 g/mol. The van der Waals surface area contributed by atoms with E-state index in [4.69, 9.17) is 5.53 Å². The molecule has 0 aliphatic carbocycles. The molecule has 0 saturated heterocycles. The van der Waals surface area contributed by atoms with E-state index in [1.807, 2.05) is 0 Å². The van der Waals surface area contributed by atoms with Crippen molar-refractivity contribution in [1.29, 1.82) is 0 Å². The van der Waals surface area contributed by atoms with Crippen LogP contribution in [0.2, 0.25) is 0 Å². The van der Waals surface area contributed by atoms with Crippen molar-refractivity contribution < 1.29 is 4.73 Å². The van der Waals surface area contributed by atoms with Crippen molar-refractivity contribution in [3.05, 3.63) is 52.2 Å². The van der Waals surface area contributed by atoms with Gasteiger partial charge in [0.05, 0.1) is 11.1 Å². The number of aromatic nitrogens is 1. The van der Waals surface area contributed by atoms with E-state index in [1.165, 1.54) is 12.3 Å². The first-order valence-corrected chi connectivity index (χ1v) is 3.99. The Hall–Kier alpha value is -1.97. The summed E-state index contributed by atoms with van der Waals surface area (Å²) < 4.78 is 0.742. The summed E-state index contributed by atoms with van der Waals surface area (Å²) in [5, 5.41) is 15.5. The second-order valence-corrected chi connectivity index (χ2v) is 2.73. The maximum Gasteiger partial charge on any atom is 0.224 e. The van der Waals surface area contributed by atoms with Crippen molar-refractivity contribution in [2.24, 2.45) is 5.11 Å². The van der Waals surface area contributed by atoms with Gasteiger partial charge in [0, 0.05) is 17.0 Å². The molecule has 15 heavy (non-hydrogen) atoms. The minimum atomic E-state index is 0. The van der Waals surface area contributed by atoms with Crippen molar-refractivity contribution in [1.82, 2.24) is 0 Å². The van der Waals surface area contributed by atoms with E-state index in [0.29, 0.717) is 16.6 Å². The van der Waals surface area contributed by atoms with E-state index in [9.17, 15) is 5.21 Å². The van der Waals surface area contributed by atoms with Gasteiger partial charge >= 0.3 is 0 Å². The third-order valence-electron chi connectivity index (χ3n) is 1.94. The molecule has 0 aliphatic rings. The summed E-state index contributed by atoms with van der Waals surface area (Å²) in [6, 6.07) is 8.47. The standard InChI is InChI=1S/C9H6N4O.ClH/c10-12-11-8-5-6-13(14)9-4-2-1-3-7(8)9;/h1-6H;1H. The van der Waals surface area contributed by atoms with Crippen molar-refractivity contribution in [2.75, 3.05) is 0 Å². The van der Waals surface area contributed by atoms with Gasteiger partial charge < -0.3 is 5.21 Å². The van der Waals surface area contributed by atoms with Crippen molar-refractivity contribution in [3.8, 4) is 0 Å². The van der Waals surface area contributed by atoms with Crippen LogP contribution in [0.15, 0.2) is 41.6 Å². The van der Waals surface area contributed by atoms with Gasteiger partial charge in [0.2, 0.25) is 5.52 Å². The Bertz CT molecular complexity index is 537. The van der Waals surface area contributed by atoms with Crippen LogP contribution in [0.1, 0.15) is 0 Å². The number of nitrogens with zero attached hydrogens (tertiary/aromatic N) is 4. The zero-order chi connectivity index (χ0) is 9.97. The lowest BCUT2D eigenvalue weighted by atomic mass is 10.2. The highest BCUT2D eigenvalue weighted by atomic mass is 35.5. The number of pyridine rings is 1. The van der Waals surface area contributed by atoms with Gasteiger partial charge in [-0.15, -0.1) is 12.4 Å². The summed E-state index contributed by atoms with van der Waals surface area (Å²) in [7, 11) is 0. The number of rotatable bonds is 1. The molecule has 1 aromatic carbocycles. The maximum absolute atomic E-state index is 11.3. The molecule has 0 bridgehead atoms. The van der Waals surface area contributed by atoms with Gasteiger partial charge in [0.1, 0.15) is 0 Å². The summed E-state index contributed by atoms with van der Waals surface area (Å²) >= 11 is 0. The van der Waals surface area contributed by atoms with Gasteiger partial charge in [0.25, 0.3) is 0 Å². The van der Waals surface area contributed by atoms with Crippen LogP contribution in [0.4, 0.5) is 5.69 Å². The van der Waals surface area contributed by atoms with Gasteiger partial charge in [-0.1, -0.05) is 17.2 Å². The predicted molar refractivity (Wildman–Crippen MR) is 59.0 cm³/mol. The fourth-order valence-corrected chi connectivity index (χ4v) is 1.33. The van der Waals surface area contributed by atoms with E-state index in [0.717, 1.165) is 4.73 Å². The summed E-state index contributed by atoms with van der Waals surface area (Å²) in [5.41, 5.74) is 9.29. The average molecular weight is 223 g/mol. The molecule has 0 saturated carbocycles. The molecule has 2 aromatic rings. The maximum atomic E-state index is 11.3. The van der Waals surface area contributed by atoms with Crippen molar-refractivity contribution >= 4 is 29.0 Å². The molecule has 1 heterocycles. The van der Waals surface area contributed by atoms with Crippen molar-refractivity contribution in [2.45, 2.75) is 0 Å². The Morgan fingerprint density at radius 2 is 2.00 bits per heavy atom. The number of benzene rings is 1. The molecule has 0 radical (unpaired) electrons. The predicted octanol–water partition coefficient (Wildman–Crippen LogP) is 2.84. The fourth-order valence-electron chi connectivity index (χ4n) is 1.33. The zero-order valence-electron chi connectivity index (χ0n) is 7.57. The Kier molecular flexibility index (Phi) is 3.33. The number of halogens is 1. The molecule has 0 spiro atoms. The Balaban J connectivity index is 0.00000112. The van der Waals surface area contributed by atoms with E-state index >= 15 is 0 Å². The first-order chi connectivity index (χ1) is 6.83. The Morgan fingerprint density at radius 3 is 2.73 bits per heavy atom. The number of para-hydroxylation sites is 1. The van der Waals surface area contributed by atoms with Gasteiger partial charge in [-0.05, 0) is 11.6 Å². The highest BCUT2D eigenvalue weighted by Crippen LogP contribution is 2.22. The average Bonchev–Trinajstić information content (AvgIpc) is 2.23. The smallest absolute Gasteiger partial charge is 0.224 e. The SMILES string of the molecule is Cl.[N-]=[N+]=Nc1cc[n+]([O-])c2ccccc12. The van der Waals surface area contributed by atoms with Crippen LogP contribution in [-0.4, -0.2) is 0 Å². The second-order valence-electron chi connectivity index (χ2n) is 2.73. The molecular formula is C9H7ClN4O. The van der Waals surface area contributed by atoms with Crippen molar-refractivity contribution in [3.63, 3.8) is 0 Å². The summed E-state index contributed by atoms with van der Waals surface area (Å²) in [6.07, 6.45) is 1.33. The fraction of sp³-hybridized carbons (Fsp3) is 0. The number of hydrogen-bond acceptors (Lipinski definition) is 2. The second kappa shape index (κ2) is 4.50. The number of azide groups is 1. The summed E-state index contributed by atoms with van der Waals surface area (Å²) in [4.78, 5) is 2.70. The van der Waals surface area contributed by atoms with E-state index in [-0.39, 0.29) is 12.4 Å². The molecule has 0 atom stereocenters. The molecule has 0 amide bonds. The zero-order valence-corrected chi connectivity index (χ0v) is 8.39. The van der Waals surface area contributed by atoms with Crippen LogP contribution in [0, 0.1) is 5.21 Å². The molecule has 6 heteroatoms. The monoisotopic (exact) mass is 222 g/mol. The molecule has 0 fully saturated rings.